The summed E-state index contributed by atoms with van der Waals surface area (Å²) in [5.74, 6) is 0.768. The number of benzene rings is 3. The number of furan rings is 1. The van der Waals surface area contributed by atoms with Crippen molar-refractivity contribution in [2.45, 2.75) is 31.2 Å². The molecule has 2 aliphatic heterocycles. The number of amides is 3. The van der Waals surface area contributed by atoms with Crippen molar-refractivity contribution < 1.29 is 28.3 Å². The summed E-state index contributed by atoms with van der Waals surface area (Å²) in [5.41, 5.74) is 2.99. The minimum Gasteiger partial charge on any atom is -0.467 e. The van der Waals surface area contributed by atoms with Gasteiger partial charge in [0.05, 0.1) is 12.8 Å². The maximum atomic E-state index is 13.6. The van der Waals surface area contributed by atoms with Crippen LogP contribution in [0.25, 0.3) is 0 Å². The number of rotatable bonds is 9. The Morgan fingerprint density at radius 2 is 1.71 bits per heavy atom. The number of ether oxygens (including phenoxy) is 2. The monoisotopic (exact) mass is 581 g/mol. The second kappa shape index (κ2) is 11.5. The van der Waals surface area contributed by atoms with Gasteiger partial charge in [-0.15, -0.1) is 0 Å². The molecule has 0 aliphatic carbocycles. The molecular weight excluding hydrogens is 554 g/mol. The molecule has 6 rings (SSSR count). The lowest BCUT2D eigenvalue weighted by Crippen LogP contribution is -2.31. The van der Waals surface area contributed by atoms with Gasteiger partial charge < -0.3 is 24.5 Å². The molecule has 3 aromatic carbocycles. The summed E-state index contributed by atoms with van der Waals surface area (Å²) < 4.78 is 16.1. The van der Waals surface area contributed by atoms with Crippen LogP contribution in [-0.4, -0.2) is 29.4 Å². The number of thioether (sulfide) groups is 1. The molecule has 0 saturated heterocycles. The zero-order chi connectivity index (χ0) is 29.2. The number of hydrogen-bond acceptors (Lipinski definition) is 8. The topological polar surface area (TPSA) is 110 Å². The molecule has 3 heterocycles. The Hall–Kier alpha value is -4.96. The lowest BCUT2D eigenvalue weighted by Gasteiger charge is -2.14. The fourth-order valence-electron chi connectivity index (χ4n) is 4.55. The molecule has 3 amide bonds. The van der Waals surface area contributed by atoms with Crippen LogP contribution in [0.1, 0.15) is 41.4 Å². The Labute approximate surface area is 246 Å². The maximum absolute atomic E-state index is 13.6. The molecule has 42 heavy (non-hydrogen) atoms. The summed E-state index contributed by atoms with van der Waals surface area (Å²) in [6.07, 6.45) is 1.50. The second-order valence-electron chi connectivity index (χ2n) is 10.0. The Bertz CT molecular complexity index is 1700. The van der Waals surface area contributed by atoms with Gasteiger partial charge in [-0.3, -0.25) is 19.3 Å². The molecule has 0 unspecified atom stereocenters. The van der Waals surface area contributed by atoms with Crippen molar-refractivity contribution in [3.8, 4) is 11.5 Å². The van der Waals surface area contributed by atoms with Gasteiger partial charge in [0.15, 0.2) is 11.5 Å². The first-order chi connectivity index (χ1) is 20.4. The highest BCUT2D eigenvalue weighted by Gasteiger charge is 2.39. The van der Waals surface area contributed by atoms with Crippen LogP contribution in [0.5, 0.6) is 11.5 Å². The fourth-order valence-corrected chi connectivity index (χ4v) is 5.56. The predicted octanol–water partition coefficient (Wildman–Crippen LogP) is 6.37. The number of nitrogens with one attached hydrogen (secondary N) is 2. The Balaban J connectivity index is 1.25. The third-order valence-corrected chi connectivity index (χ3v) is 7.89. The van der Waals surface area contributed by atoms with Crippen molar-refractivity contribution in [3.63, 3.8) is 0 Å². The van der Waals surface area contributed by atoms with Crippen LogP contribution in [0.4, 0.5) is 11.4 Å². The van der Waals surface area contributed by atoms with Crippen LogP contribution >= 0.6 is 11.8 Å². The number of hydrogen-bond donors (Lipinski definition) is 2. The SMILES string of the molecule is CC(C)c1ccc(NC2=C(Sc3cccc(NC(=O)c4ccc5c(c4)OCO5)c3)C(=O)N(Cc3ccco3)C2=O)cc1. The highest BCUT2D eigenvalue weighted by Crippen LogP contribution is 2.38. The molecular formula is C32H27N3O6S. The van der Waals surface area contributed by atoms with E-state index in [4.69, 9.17) is 13.9 Å². The summed E-state index contributed by atoms with van der Waals surface area (Å²) in [6.45, 7) is 4.35. The number of anilines is 2. The molecule has 212 valence electrons. The smallest absolute Gasteiger partial charge is 0.278 e. The predicted molar refractivity (Wildman–Crippen MR) is 158 cm³/mol. The minimum absolute atomic E-state index is 0.0117. The number of carbonyl (C=O) groups excluding carboxylic acids is 3. The van der Waals surface area contributed by atoms with E-state index in [1.54, 1.807) is 48.5 Å². The normalized spacial score (nSPS) is 14.2. The van der Waals surface area contributed by atoms with Gasteiger partial charge in [0.2, 0.25) is 6.79 Å². The first-order valence-electron chi connectivity index (χ1n) is 13.3. The van der Waals surface area contributed by atoms with Crippen molar-refractivity contribution in [3.05, 3.63) is 113 Å². The van der Waals surface area contributed by atoms with E-state index in [1.807, 2.05) is 30.3 Å². The molecule has 0 bridgehead atoms. The van der Waals surface area contributed by atoms with Crippen molar-refractivity contribution in [1.82, 2.24) is 4.90 Å². The summed E-state index contributed by atoms with van der Waals surface area (Å²) in [4.78, 5) is 42.1. The van der Waals surface area contributed by atoms with Gasteiger partial charge >= 0.3 is 0 Å². The third kappa shape index (κ3) is 5.61. The fraction of sp³-hybridized carbons (Fsp3) is 0.156. The second-order valence-corrected chi connectivity index (χ2v) is 11.1. The maximum Gasteiger partial charge on any atom is 0.278 e. The zero-order valence-corrected chi connectivity index (χ0v) is 23.7. The van der Waals surface area contributed by atoms with Gasteiger partial charge in [-0.1, -0.05) is 43.8 Å². The Morgan fingerprint density at radius 1 is 0.905 bits per heavy atom. The average molecular weight is 582 g/mol. The summed E-state index contributed by atoms with van der Waals surface area (Å²) in [6, 6.07) is 23.3. The first-order valence-corrected chi connectivity index (χ1v) is 14.2. The minimum atomic E-state index is -0.445. The largest absolute Gasteiger partial charge is 0.467 e. The van der Waals surface area contributed by atoms with E-state index in [1.165, 1.54) is 6.26 Å². The molecule has 0 radical (unpaired) electrons. The van der Waals surface area contributed by atoms with E-state index in [9.17, 15) is 14.4 Å². The zero-order valence-electron chi connectivity index (χ0n) is 22.9. The van der Waals surface area contributed by atoms with Crippen LogP contribution in [0.3, 0.4) is 0 Å². The number of carbonyl (C=O) groups is 3. The van der Waals surface area contributed by atoms with Gasteiger partial charge in [0.1, 0.15) is 16.4 Å². The van der Waals surface area contributed by atoms with Crippen LogP contribution in [0.15, 0.2) is 105 Å². The van der Waals surface area contributed by atoms with E-state index in [-0.39, 0.29) is 29.8 Å². The van der Waals surface area contributed by atoms with Crippen molar-refractivity contribution in [1.29, 1.82) is 0 Å². The van der Waals surface area contributed by atoms with Gasteiger partial charge in [0.25, 0.3) is 17.7 Å². The molecule has 2 aliphatic rings. The van der Waals surface area contributed by atoms with Crippen LogP contribution in [0.2, 0.25) is 0 Å². The first kappa shape index (κ1) is 27.2. The number of imide groups is 1. The number of nitrogens with zero attached hydrogens (tertiary/aromatic N) is 1. The summed E-state index contributed by atoms with van der Waals surface area (Å²) in [7, 11) is 0. The Kier molecular flexibility index (Phi) is 7.45. The van der Waals surface area contributed by atoms with Crippen LogP contribution in [0, 0.1) is 0 Å². The van der Waals surface area contributed by atoms with Crippen LogP contribution < -0.4 is 20.1 Å². The lowest BCUT2D eigenvalue weighted by atomic mass is 10.0. The van der Waals surface area contributed by atoms with Crippen molar-refractivity contribution in [2.24, 2.45) is 0 Å². The summed E-state index contributed by atoms with van der Waals surface area (Å²) in [5, 5.41) is 6.06. The van der Waals surface area contributed by atoms with Gasteiger partial charge in [-0.2, -0.15) is 0 Å². The van der Waals surface area contributed by atoms with E-state index < -0.39 is 11.8 Å². The van der Waals surface area contributed by atoms with Gasteiger partial charge in [-0.25, -0.2) is 0 Å². The molecule has 4 aromatic rings. The molecule has 0 fully saturated rings. The van der Waals surface area contributed by atoms with Gasteiger partial charge in [-0.05, 0) is 72.1 Å². The third-order valence-electron chi connectivity index (χ3n) is 6.81. The average Bonchev–Trinajstić information content (AvgIpc) is 3.73. The lowest BCUT2D eigenvalue weighted by molar-refractivity contribution is -0.138. The number of fused-ring (bicyclic) bond motifs is 1. The van der Waals surface area contributed by atoms with E-state index in [2.05, 4.69) is 24.5 Å². The molecule has 2 N–H and O–H groups in total. The molecule has 0 atom stereocenters. The summed E-state index contributed by atoms with van der Waals surface area (Å²) >= 11 is 1.15. The van der Waals surface area contributed by atoms with Gasteiger partial charge in [0, 0.05) is 21.8 Å². The highest BCUT2D eigenvalue weighted by molar-refractivity contribution is 8.04. The van der Waals surface area contributed by atoms with E-state index in [0.717, 1.165) is 22.2 Å². The molecule has 10 heteroatoms. The standard InChI is InChI=1S/C32H27N3O6S/c1-19(2)20-8-11-22(12-9-20)33-28-29(32(38)35(31(28)37)17-24-6-4-14-39-24)42-25-7-3-5-23(16-25)34-30(36)21-10-13-26-27(15-21)41-18-40-26/h3-16,19,33H,17-18H2,1-2H3,(H,34,36). The Morgan fingerprint density at radius 3 is 2.48 bits per heavy atom. The van der Waals surface area contributed by atoms with Crippen molar-refractivity contribution in [2.75, 3.05) is 17.4 Å². The van der Waals surface area contributed by atoms with Crippen molar-refractivity contribution >= 4 is 40.9 Å². The molecule has 0 saturated carbocycles. The molecule has 0 spiro atoms. The molecule has 1 aromatic heterocycles. The van der Waals surface area contributed by atoms with E-state index >= 15 is 0 Å². The van der Waals surface area contributed by atoms with E-state index in [0.29, 0.717) is 45.0 Å². The molecule has 9 nitrogen and oxygen atoms in total. The van der Waals surface area contributed by atoms with Crippen LogP contribution in [-0.2, 0) is 16.1 Å². The quantitative estimate of drug-likeness (QED) is 0.220. The highest BCUT2D eigenvalue weighted by atomic mass is 32.2.